The summed E-state index contributed by atoms with van der Waals surface area (Å²) in [5, 5.41) is 2.23. The number of nitrogens with one attached hydrogen (secondary N) is 1. The Bertz CT molecular complexity index is 603. The fourth-order valence-electron chi connectivity index (χ4n) is 1.35. The first kappa shape index (κ1) is 16.0. The van der Waals surface area contributed by atoms with Gasteiger partial charge in [-0.1, -0.05) is 0 Å². The number of methoxy groups -OCH3 is 1. The Morgan fingerprint density at radius 2 is 1.70 bits per heavy atom. The number of amides is 1. The van der Waals surface area contributed by atoms with Crippen LogP contribution in [0.25, 0.3) is 0 Å². The number of ether oxygens (including phenoxy) is 2. The van der Waals surface area contributed by atoms with Gasteiger partial charge in [-0.25, -0.2) is 4.79 Å². The molecule has 1 aromatic carbocycles. The third kappa shape index (κ3) is 4.93. The van der Waals surface area contributed by atoms with E-state index in [2.05, 4.69) is 5.32 Å². The van der Waals surface area contributed by atoms with Gasteiger partial charge in [0.15, 0.2) is 4.99 Å². The molecule has 0 saturated heterocycles. The monoisotopic (exact) mass is 299 g/mol. The molecule has 0 bridgehead atoms. The number of carbonyl (C=O) groups is 1. The van der Waals surface area contributed by atoms with Gasteiger partial charge in [0.1, 0.15) is 11.4 Å². The van der Waals surface area contributed by atoms with Gasteiger partial charge in [-0.15, -0.1) is 0 Å². The topological polar surface area (TPSA) is 81.7 Å². The van der Waals surface area contributed by atoms with Gasteiger partial charge >= 0.3 is 6.09 Å². The van der Waals surface area contributed by atoms with Crippen molar-refractivity contribution in [3.05, 3.63) is 29.8 Å². The maximum absolute atomic E-state index is 11.6. The Hall–Kier alpha value is -2.02. The van der Waals surface area contributed by atoms with E-state index < -0.39 is 22.0 Å². The summed E-state index contributed by atoms with van der Waals surface area (Å²) >= 11 is 0. The van der Waals surface area contributed by atoms with Crippen LogP contribution in [-0.4, -0.2) is 32.2 Å². The van der Waals surface area contributed by atoms with Gasteiger partial charge in [-0.3, -0.25) is 5.32 Å². The molecule has 0 radical (unpaired) electrons. The Labute approximate surface area is 119 Å². The lowest BCUT2D eigenvalue weighted by Gasteiger charge is -2.19. The first-order chi connectivity index (χ1) is 9.23. The van der Waals surface area contributed by atoms with Crippen molar-refractivity contribution in [2.45, 2.75) is 26.4 Å². The minimum Gasteiger partial charge on any atom is -0.497 e. The normalized spacial score (nSPS) is 10.6. The fourth-order valence-corrected chi connectivity index (χ4v) is 1.84. The molecule has 1 rings (SSSR count). The Kier molecular flexibility index (Phi) is 5.15. The van der Waals surface area contributed by atoms with Crippen LogP contribution in [0.4, 0.5) is 4.79 Å². The van der Waals surface area contributed by atoms with Crippen LogP contribution in [0.15, 0.2) is 24.3 Å². The van der Waals surface area contributed by atoms with E-state index in [1.165, 1.54) is 19.2 Å². The molecule has 0 aliphatic rings. The van der Waals surface area contributed by atoms with E-state index in [1.54, 1.807) is 32.9 Å². The molecule has 0 unspecified atom stereocenters. The van der Waals surface area contributed by atoms with Crippen molar-refractivity contribution in [1.82, 2.24) is 5.32 Å². The van der Waals surface area contributed by atoms with E-state index in [0.29, 0.717) is 11.3 Å². The van der Waals surface area contributed by atoms with Gasteiger partial charge in [-0.05, 0) is 45.0 Å². The van der Waals surface area contributed by atoms with Crippen molar-refractivity contribution in [3.8, 4) is 5.75 Å². The molecular formula is C13H17NO5S. The Morgan fingerprint density at radius 1 is 1.15 bits per heavy atom. The standard InChI is InChI=1S/C13H17NO5S/c1-13(2,3)19-12(15)14-11(20(16)17)9-5-7-10(18-4)8-6-9/h5-8H,1-4H3,(H,14,15). The highest BCUT2D eigenvalue weighted by Crippen LogP contribution is 2.12. The molecule has 1 amide bonds. The summed E-state index contributed by atoms with van der Waals surface area (Å²) in [6, 6.07) is 6.25. The van der Waals surface area contributed by atoms with Gasteiger partial charge in [0.05, 0.1) is 7.11 Å². The number of carbonyl (C=O) groups excluding carboxylic acids is 1. The van der Waals surface area contributed by atoms with Crippen molar-refractivity contribution < 1.29 is 22.7 Å². The Balaban J connectivity index is 2.97. The molecule has 0 fully saturated rings. The third-order valence-corrected chi connectivity index (χ3v) is 2.80. The molecule has 0 aromatic heterocycles. The predicted molar refractivity (Wildman–Crippen MR) is 75.4 cm³/mol. The van der Waals surface area contributed by atoms with Gasteiger partial charge < -0.3 is 9.47 Å². The molecule has 0 heterocycles. The van der Waals surface area contributed by atoms with Crippen LogP contribution in [-0.2, 0) is 15.0 Å². The van der Waals surface area contributed by atoms with Crippen molar-refractivity contribution in [3.63, 3.8) is 0 Å². The zero-order valence-electron chi connectivity index (χ0n) is 11.8. The number of benzene rings is 1. The molecule has 0 aliphatic heterocycles. The van der Waals surface area contributed by atoms with E-state index in [9.17, 15) is 13.2 Å². The number of hydrogen-bond acceptors (Lipinski definition) is 5. The van der Waals surface area contributed by atoms with Gasteiger partial charge in [0.2, 0.25) is 10.3 Å². The fraction of sp³-hybridized carbons (Fsp3) is 0.385. The summed E-state index contributed by atoms with van der Waals surface area (Å²) in [5.41, 5.74) is -0.371. The maximum Gasteiger partial charge on any atom is 0.412 e. The molecule has 1 aromatic rings. The predicted octanol–water partition coefficient (Wildman–Crippen LogP) is 1.58. The largest absolute Gasteiger partial charge is 0.497 e. The van der Waals surface area contributed by atoms with Crippen LogP contribution in [0.5, 0.6) is 5.75 Å². The smallest absolute Gasteiger partial charge is 0.412 e. The highest BCUT2D eigenvalue weighted by molar-refractivity contribution is 7.73. The lowest BCUT2D eigenvalue weighted by atomic mass is 10.2. The summed E-state index contributed by atoms with van der Waals surface area (Å²) in [7, 11) is -1.09. The third-order valence-electron chi connectivity index (χ3n) is 2.13. The van der Waals surface area contributed by atoms with E-state index in [0.717, 1.165) is 0 Å². The van der Waals surface area contributed by atoms with Crippen LogP contribution < -0.4 is 10.1 Å². The Morgan fingerprint density at radius 3 is 2.10 bits per heavy atom. The first-order valence-electron chi connectivity index (χ1n) is 5.83. The first-order valence-corrected chi connectivity index (χ1v) is 6.91. The second-order valence-corrected chi connectivity index (χ2v) is 5.80. The number of rotatable bonds is 2. The van der Waals surface area contributed by atoms with Crippen molar-refractivity contribution in [1.29, 1.82) is 0 Å². The molecule has 0 atom stereocenters. The van der Waals surface area contributed by atoms with E-state index in [1.807, 2.05) is 0 Å². The molecule has 20 heavy (non-hydrogen) atoms. The summed E-state index contributed by atoms with van der Waals surface area (Å²) in [5.74, 6) is 0.585. The highest BCUT2D eigenvalue weighted by Gasteiger charge is 2.18. The molecule has 0 aliphatic carbocycles. The SMILES string of the molecule is COc1ccc(C(NC(=O)OC(C)(C)C)=S(=O)=O)cc1. The zero-order valence-corrected chi connectivity index (χ0v) is 12.6. The molecule has 6 nitrogen and oxygen atoms in total. The minimum atomic E-state index is -2.60. The second-order valence-electron chi connectivity index (χ2n) is 4.92. The summed E-state index contributed by atoms with van der Waals surface area (Å²) < 4.78 is 32.4. The van der Waals surface area contributed by atoms with Gasteiger partial charge in [0, 0.05) is 5.56 Å². The van der Waals surface area contributed by atoms with E-state index in [4.69, 9.17) is 9.47 Å². The molecule has 110 valence electrons. The van der Waals surface area contributed by atoms with Crippen LogP contribution in [0.3, 0.4) is 0 Å². The van der Waals surface area contributed by atoms with Gasteiger partial charge in [0.25, 0.3) is 0 Å². The van der Waals surface area contributed by atoms with Crippen LogP contribution in [0.1, 0.15) is 26.3 Å². The van der Waals surface area contributed by atoms with Crippen LogP contribution in [0.2, 0.25) is 0 Å². The summed E-state index contributed by atoms with van der Waals surface area (Å²) in [6.07, 6.45) is -0.826. The maximum atomic E-state index is 11.6. The molecule has 0 spiro atoms. The molecular weight excluding hydrogens is 282 g/mol. The zero-order chi connectivity index (χ0) is 15.3. The van der Waals surface area contributed by atoms with Crippen LogP contribution in [0, 0.1) is 0 Å². The van der Waals surface area contributed by atoms with E-state index in [-0.39, 0.29) is 4.99 Å². The summed E-state index contributed by atoms with van der Waals surface area (Å²) in [4.78, 5) is 11.4. The average molecular weight is 299 g/mol. The molecule has 7 heteroatoms. The highest BCUT2D eigenvalue weighted by atomic mass is 32.2. The van der Waals surface area contributed by atoms with E-state index >= 15 is 0 Å². The average Bonchev–Trinajstić information content (AvgIpc) is 2.34. The molecule has 0 saturated carbocycles. The lowest BCUT2D eigenvalue weighted by molar-refractivity contribution is 0.0564. The van der Waals surface area contributed by atoms with Crippen LogP contribution >= 0.6 is 0 Å². The number of hydrogen-bond donors (Lipinski definition) is 1. The molecule has 1 N–H and O–H groups in total. The van der Waals surface area contributed by atoms with Crippen molar-refractivity contribution in [2.24, 2.45) is 0 Å². The quantitative estimate of drug-likeness (QED) is 0.838. The lowest BCUT2D eigenvalue weighted by Crippen LogP contribution is -2.37. The number of alkyl carbamates (subject to hydrolysis) is 1. The minimum absolute atomic E-state index is 0.248. The summed E-state index contributed by atoms with van der Waals surface area (Å²) in [6.45, 7) is 5.06. The van der Waals surface area contributed by atoms with Crippen molar-refractivity contribution >= 4 is 21.4 Å². The second kappa shape index (κ2) is 6.42. The van der Waals surface area contributed by atoms with Gasteiger partial charge in [-0.2, -0.15) is 8.42 Å². The van der Waals surface area contributed by atoms with Crippen molar-refractivity contribution in [2.75, 3.05) is 7.11 Å².